The molecule has 0 atom stereocenters. The number of Topliss-reactive ketones (excluding diaryl/α,β-unsaturated/α-hetero) is 1. The number of sulfonamides is 1. The van der Waals surface area contributed by atoms with Gasteiger partial charge in [0.05, 0.1) is 5.69 Å². The van der Waals surface area contributed by atoms with Gasteiger partial charge in [0, 0.05) is 16.1 Å². The second-order valence-corrected chi connectivity index (χ2v) is 9.55. The molecule has 0 aliphatic rings. The largest absolute Gasteiger partial charge is 0.507 e. The molecule has 3 aromatic rings. The molecule has 0 bridgehead atoms. The molecule has 0 unspecified atom stereocenters. The number of phenolic OH excluding ortho intramolecular Hbond substituents is 1. The Morgan fingerprint density at radius 1 is 1.10 bits per heavy atom. The van der Waals surface area contributed by atoms with Crippen molar-refractivity contribution in [3.8, 4) is 5.75 Å². The van der Waals surface area contributed by atoms with Gasteiger partial charge in [0.15, 0.2) is 12.4 Å². The summed E-state index contributed by atoms with van der Waals surface area (Å²) in [6.07, 6.45) is 0. The van der Waals surface area contributed by atoms with Crippen molar-refractivity contribution in [2.45, 2.75) is 4.21 Å². The zero-order chi connectivity index (χ0) is 21.0. The molecular formula is C19H14BrNO6S2. The number of carbonyl (C=O) groups is 2. The number of rotatable bonds is 7. The van der Waals surface area contributed by atoms with Gasteiger partial charge < -0.3 is 9.84 Å². The fourth-order valence-corrected chi connectivity index (χ4v) is 4.79. The van der Waals surface area contributed by atoms with Gasteiger partial charge in [-0.15, -0.1) is 11.3 Å². The minimum Gasteiger partial charge on any atom is -0.507 e. The van der Waals surface area contributed by atoms with Crippen molar-refractivity contribution in [1.82, 2.24) is 0 Å². The molecule has 7 nitrogen and oxygen atoms in total. The molecule has 2 aromatic carbocycles. The van der Waals surface area contributed by atoms with Gasteiger partial charge >= 0.3 is 5.97 Å². The maximum atomic E-state index is 12.2. The first kappa shape index (κ1) is 21.0. The van der Waals surface area contributed by atoms with E-state index in [1.54, 1.807) is 35.7 Å². The van der Waals surface area contributed by atoms with Crippen molar-refractivity contribution < 1.29 is 27.9 Å². The van der Waals surface area contributed by atoms with Gasteiger partial charge in [-0.3, -0.25) is 9.52 Å². The first-order valence-electron chi connectivity index (χ1n) is 8.11. The summed E-state index contributed by atoms with van der Waals surface area (Å²) in [6.45, 7) is -0.499. The summed E-state index contributed by atoms with van der Waals surface area (Å²) in [6, 6.07) is 13.3. The van der Waals surface area contributed by atoms with Crippen LogP contribution in [0.3, 0.4) is 0 Å². The highest BCUT2D eigenvalue weighted by molar-refractivity contribution is 9.10. The lowest BCUT2D eigenvalue weighted by molar-refractivity contribution is 0.0472. The molecule has 0 aliphatic heterocycles. The topological polar surface area (TPSA) is 110 Å². The summed E-state index contributed by atoms with van der Waals surface area (Å²) in [5.74, 6) is -1.78. The highest BCUT2D eigenvalue weighted by atomic mass is 79.9. The lowest BCUT2D eigenvalue weighted by atomic mass is 10.1. The summed E-state index contributed by atoms with van der Waals surface area (Å²) in [5.41, 5.74) is 0.263. The minimum absolute atomic E-state index is 0.0812. The van der Waals surface area contributed by atoms with Crippen molar-refractivity contribution in [2.24, 2.45) is 0 Å². The number of hydrogen-bond donors (Lipinski definition) is 2. The average molecular weight is 496 g/mol. The zero-order valence-corrected chi connectivity index (χ0v) is 17.9. The molecule has 3 rings (SSSR count). The van der Waals surface area contributed by atoms with Crippen LogP contribution in [0.2, 0.25) is 0 Å². The number of ketones is 1. The highest BCUT2D eigenvalue weighted by Gasteiger charge is 2.19. The summed E-state index contributed by atoms with van der Waals surface area (Å²) in [5, 5.41) is 11.7. The monoisotopic (exact) mass is 495 g/mol. The summed E-state index contributed by atoms with van der Waals surface area (Å²) >= 11 is 4.30. The Kier molecular flexibility index (Phi) is 6.36. The molecule has 0 amide bonds. The number of anilines is 1. The molecule has 150 valence electrons. The Morgan fingerprint density at radius 2 is 1.90 bits per heavy atom. The minimum atomic E-state index is -3.78. The number of halogens is 1. The Balaban J connectivity index is 1.66. The molecule has 1 heterocycles. The third-order valence-corrected chi connectivity index (χ3v) is 6.98. The predicted octanol–water partition coefficient (Wildman–Crippen LogP) is 4.06. The lowest BCUT2D eigenvalue weighted by Crippen LogP contribution is -2.15. The first-order chi connectivity index (χ1) is 13.8. The number of benzene rings is 2. The van der Waals surface area contributed by atoms with Crippen molar-refractivity contribution >= 4 is 54.7 Å². The molecule has 10 heteroatoms. The number of ether oxygens (including phenoxy) is 1. The van der Waals surface area contributed by atoms with Crippen molar-refractivity contribution in [3.05, 3.63) is 75.6 Å². The fourth-order valence-electron chi connectivity index (χ4n) is 2.34. The Hall–Kier alpha value is -2.69. The maximum absolute atomic E-state index is 12.2. The number of carbonyl (C=O) groups excluding carboxylic acids is 2. The normalized spacial score (nSPS) is 11.1. The van der Waals surface area contributed by atoms with Crippen molar-refractivity contribution in [1.29, 1.82) is 0 Å². The number of thiophene rings is 1. The maximum Gasteiger partial charge on any atom is 0.342 e. The second kappa shape index (κ2) is 8.76. The molecular weight excluding hydrogens is 482 g/mol. The molecule has 2 N–H and O–H groups in total. The Morgan fingerprint density at radius 3 is 2.55 bits per heavy atom. The van der Waals surface area contributed by atoms with Crippen molar-refractivity contribution in [2.75, 3.05) is 11.3 Å². The third-order valence-electron chi connectivity index (χ3n) is 3.71. The molecule has 1 aromatic heterocycles. The second-order valence-electron chi connectivity index (χ2n) is 5.78. The Bertz CT molecular complexity index is 1160. The van der Waals surface area contributed by atoms with Crippen LogP contribution in [0.5, 0.6) is 5.75 Å². The van der Waals surface area contributed by atoms with E-state index in [1.165, 1.54) is 18.2 Å². The van der Waals surface area contributed by atoms with Crippen LogP contribution in [0.15, 0.2) is 68.7 Å². The number of esters is 1. The molecule has 0 spiro atoms. The standard InChI is InChI=1S/C19H14BrNO6S2/c20-13-4-1-3-12(9-13)17(23)11-27-19(24)15-7-6-14(10-16(15)22)21-29(25,26)18-5-2-8-28-18/h1-10,21-22H,11H2. The van der Waals surface area contributed by atoms with Crippen LogP contribution in [0.4, 0.5) is 5.69 Å². The van der Waals surface area contributed by atoms with E-state index in [0.717, 1.165) is 17.4 Å². The number of hydrogen-bond acceptors (Lipinski definition) is 7. The van der Waals surface area contributed by atoms with E-state index in [2.05, 4.69) is 20.7 Å². The van der Waals surface area contributed by atoms with E-state index in [0.29, 0.717) is 10.0 Å². The van der Waals surface area contributed by atoms with E-state index >= 15 is 0 Å². The van der Waals surface area contributed by atoms with Gasteiger partial charge in [-0.2, -0.15) is 0 Å². The number of phenols is 1. The summed E-state index contributed by atoms with van der Waals surface area (Å²) < 4.78 is 32.5. The quantitative estimate of drug-likeness (QED) is 0.377. The first-order valence-corrected chi connectivity index (χ1v) is 11.3. The molecule has 0 saturated carbocycles. The van der Waals surface area contributed by atoms with Gasteiger partial charge in [-0.05, 0) is 35.7 Å². The van der Waals surface area contributed by atoms with Gasteiger partial charge in [0.25, 0.3) is 10.0 Å². The van der Waals surface area contributed by atoms with Crippen molar-refractivity contribution in [3.63, 3.8) is 0 Å². The average Bonchev–Trinajstić information content (AvgIpc) is 3.21. The van der Waals surface area contributed by atoms with Crippen LogP contribution in [-0.2, 0) is 14.8 Å². The molecule has 0 fully saturated rings. The predicted molar refractivity (Wildman–Crippen MR) is 112 cm³/mol. The van der Waals surface area contributed by atoms with Gasteiger partial charge in [0.2, 0.25) is 0 Å². The SMILES string of the molecule is O=C(COC(=O)c1ccc(NS(=O)(=O)c2cccs2)cc1O)c1cccc(Br)c1. The van der Waals surface area contributed by atoms with Crippen LogP contribution in [-0.4, -0.2) is 31.9 Å². The van der Waals surface area contributed by atoms with Crippen LogP contribution >= 0.6 is 27.3 Å². The van der Waals surface area contributed by atoms with Crippen LogP contribution in [0, 0.1) is 0 Å². The van der Waals surface area contributed by atoms with E-state index in [4.69, 9.17) is 4.74 Å². The van der Waals surface area contributed by atoms with Crippen LogP contribution < -0.4 is 4.72 Å². The lowest BCUT2D eigenvalue weighted by Gasteiger charge is -2.09. The zero-order valence-electron chi connectivity index (χ0n) is 14.7. The third kappa shape index (κ3) is 5.22. The van der Waals surface area contributed by atoms with Gasteiger partial charge in [0.1, 0.15) is 15.5 Å². The fraction of sp³-hybridized carbons (Fsp3) is 0.0526. The Labute approximate surface area is 179 Å². The van der Waals surface area contributed by atoms with E-state index < -0.39 is 34.1 Å². The number of nitrogens with one attached hydrogen (secondary N) is 1. The molecule has 0 saturated heterocycles. The highest BCUT2D eigenvalue weighted by Crippen LogP contribution is 2.26. The van der Waals surface area contributed by atoms with E-state index in [-0.39, 0.29) is 15.5 Å². The van der Waals surface area contributed by atoms with Crippen LogP contribution in [0.25, 0.3) is 0 Å². The van der Waals surface area contributed by atoms with E-state index in [1.807, 2.05) is 0 Å². The van der Waals surface area contributed by atoms with Gasteiger partial charge in [-0.1, -0.05) is 34.1 Å². The van der Waals surface area contributed by atoms with E-state index in [9.17, 15) is 23.1 Å². The summed E-state index contributed by atoms with van der Waals surface area (Å²) in [7, 11) is -3.78. The molecule has 0 radical (unpaired) electrons. The molecule has 29 heavy (non-hydrogen) atoms. The molecule has 0 aliphatic carbocycles. The summed E-state index contributed by atoms with van der Waals surface area (Å²) in [4.78, 5) is 24.3. The van der Waals surface area contributed by atoms with Gasteiger partial charge in [-0.25, -0.2) is 13.2 Å². The van der Waals surface area contributed by atoms with Crippen LogP contribution in [0.1, 0.15) is 20.7 Å². The number of aromatic hydroxyl groups is 1. The smallest absolute Gasteiger partial charge is 0.342 e.